The molecule has 0 aliphatic carbocycles. The summed E-state index contributed by atoms with van der Waals surface area (Å²) in [6.07, 6.45) is 0. The van der Waals surface area contributed by atoms with Crippen LogP contribution in [-0.2, 0) is 21.4 Å². The van der Waals surface area contributed by atoms with Gasteiger partial charge in [-0.15, -0.1) is 0 Å². The third kappa shape index (κ3) is 5.78. The van der Waals surface area contributed by atoms with Crippen LogP contribution < -0.4 is 5.32 Å². The van der Waals surface area contributed by atoms with Gasteiger partial charge in [-0.3, -0.25) is 4.79 Å². The first kappa shape index (κ1) is 23.1. The van der Waals surface area contributed by atoms with Crippen LogP contribution >= 0.6 is 15.9 Å². The molecular formula is C23H22BrFN2O3S. The van der Waals surface area contributed by atoms with Crippen molar-refractivity contribution < 1.29 is 17.6 Å². The summed E-state index contributed by atoms with van der Waals surface area (Å²) in [5, 5.41) is 2.83. The van der Waals surface area contributed by atoms with E-state index in [9.17, 15) is 17.6 Å². The molecule has 162 valence electrons. The number of amides is 1. The number of carbonyl (C=O) groups is 1. The van der Waals surface area contributed by atoms with E-state index in [1.807, 2.05) is 26.0 Å². The van der Waals surface area contributed by atoms with Crippen molar-refractivity contribution in [3.05, 3.63) is 93.7 Å². The van der Waals surface area contributed by atoms with E-state index >= 15 is 0 Å². The monoisotopic (exact) mass is 504 g/mol. The second kappa shape index (κ2) is 9.72. The maximum absolute atomic E-state index is 13.3. The van der Waals surface area contributed by atoms with Crippen molar-refractivity contribution in [3.63, 3.8) is 0 Å². The number of rotatable bonds is 7. The Morgan fingerprint density at radius 3 is 2.16 bits per heavy atom. The minimum absolute atomic E-state index is 0.0662. The first-order valence-corrected chi connectivity index (χ1v) is 11.8. The van der Waals surface area contributed by atoms with Gasteiger partial charge in [0.2, 0.25) is 15.9 Å². The third-order valence-corrected chi connectivity index (χ3v) is 7.00. The maximum Gasteiger partial charge on any atom is 0.243 e. The molecule has 0 bridgehead atoms. The van der Waals surface area contributed by atoms with Crippen molar-refractivity contribution in [2.75, 3.05) is 11.9 Å². The van der Waals surface area contributed by atoms with Gasteiger partial charge in [0.1, 0.15) is 5.82 Å². The molecule has 3 rings (SSSR count). The van der Waals surface area contributed by atoms with Crippen LogP contribution in [0.1, 0.15) is 16.7 Å². The highest BCUT2D eigenvalue weighted by atomic mass is 79.9. The summed E-state index contributed by atoms with van der Waals surface area (Å²) < 4.78 is 41.7. The molecule has 0 radical (unpaired) electrons. The largest absolute Gasteiger partial charge is 0.324 e. The molecule has 1 amide bonds. The molecule has 0 aliphatic rings. The van der Waals surface area contributed by atoms with Gasteiger partial charge >= 0.3 is 0 Å². The average molecular weight is 505 g/mol. The summed E-state index contributed by atoms with van der Waals surface area (Å²) in [4.78, 5) is 12.9. The van der Waals surface area contributed by atoms with Crippen LogP contribution in [0.5, 0.6) is 0 Å². The fraction of sp³-hybridized carbons (Fsp3) is 0.174. The zero-order valence-corrected chi connectivity index (χ0v) is 19.5. The Labute approximate surface area is 190 Å². The summed E-state index contributed by atoms with van der Waals surface area (Å²) in [5.41, 5.74) is 2.93. The van der Waals surface area contributed by atoms with Crippen molar-refractivity contribution in [1.82, 2.24) is 4.31 Å². The lowest BCUT2D eigenvalue weighted by Crippen LogP contribution is -2.37. The summed E-state index contributed by atoms with van der Waals surface area (Å²) >= 11 is 3.42. The quantitative estimate of drug-likeness (QED) is 0.490. The van der Waals surface area contributed by atoms with Crippen molar-refractivity contribution >= 4 is 37.5 Å². The summed E-state index contributed by atoms with van der Waals surface area (Å²) in [6.45, 7) is 3.28. The molecule has 0 aromatic heterocycles. The smallest absolute Gasteiger partial charge is 0.243 e. The van der Waals surface area contributed by atoms with E-state index in [1.165, 1.54) is 36.4 Å². The van der Waals surface area contributed by atoms with Gasteiger partial charge in [0.15, 0.2) is 0 Å². The molecule has 0 heterocycles. The number of sulfonamides is 1. The highest BCUT2D eigenvalue weighted by molar-refractivity contribution is 9.10. The molecule has 3 aromatic carbocycles. The normalized spacial score (nSPS) is 11.5. The van der Waals surface area contributed by atoms with Crippen LogP contribution in [0.2, 0.25) is 0 Å². The Hall–Kier alpha value is -2.55. The lowest BCUT2D eigenvalue weighted by molar-refractivity contribution is -0.116. The number of nitrogens with zero attached hydrogens (tertiary/aromatic N) is 1. The summed E-state index contributed by atoms with van der Waals surface area (Å²) in [7, 11) is -3.95. The number of hydrogen-bond donors (Lipinski definition) is 1. The SMILES string of the molecule is Cc1cc(Br)cc(C)c1NC(=O)CN(Cc1ccc(F)cc1)S(=O)(=O)c1ccccc1. The van der Waals surface area contributed by atoms with Crippen LogP contribution in [0.3, 0.4) is 0 Å². The maximum atomic E-state index is 13.3. The molecule has 0 fully saturated rings. The second-order valence-corrected chi connectivity index (χ2v) is 10.0. The van der Waals surface area contributed by atoms with Crippen LogP contribution in [0.4, 0.5) is 10.1 Å². The summed E-state index contributed by atoms with van der Waals surface area (Å²) in [6, 6.07) is 17.2. The van der Waals surface area contributed by atoms with Gasteiger partial charge in [0.25, 0.3) is 0 Å². The zero-order chi connectivity index (χ0) is 22.6. The number of anilines is 1. The molecule has 5 nitrogen and oxygen atoms in total. The Kier molecular flexibility index (Phi) is 7.25. The van der Waals surface area contributed by atoms with Crippen molar-refractivity contribution in [3.8, 4) is 0 Å². The van der Waals surface area contributed by atoms with Crippen LogP contribution in [0.15, 0.2) is 76.1 Å². The predicted octanol–water partition coefficient (Wildman–Crippen LogP) is 5.03. The third-order valence-electron chi connectivity index (χ3n) is 4.74. The Balaban J connectivity index is 1.89. The van der Waals surface area contributed by atoms with E-state index in [0.717, 1.165) is 19.9 Å². The lowest BCUT2D eigenvalue weighted by atomic mass is 10.1. The van der Waals surface area contributed by atoms with Crippen molar-refractivity contribution in [1.29, 1.82) is 0 Å². The highest BCUT2D eigenvalue weighted by Crippen LogP contribution is 2.25. The van der Waals surface area contributed by atoms with Crippen molar-refractivity contribution in [2.45, 2.75) is 25.3 Å². The van der Waals surface area contributed by atoms with Gasteiger partial charge in [-0.2, -0.15) is 4.31 Å². The van der Waals surface area contributed by atoms with Crippen LogP contribution in [-0.4, -0.2) is 25.2 Å². The second-order valence-electron chi connectivity index (χ2n) is 7.18. The molecule has 0 saturated heterocycles. The minimum Gasteiger partial charge on any atom is -0.324 e. The van der Waals surface area contributed by atoms with E-state index in [0.29, 0.717) is 11.3 Å². The molecule has 0 unspecified atom stereocenters. The lowest BCUT2D eigenvalue weighted by Gasteiger charge is -2.22. The highest BCUT2D eigenvalue weighted by Gasteiger charge is 2.27. The number of hydrogen-bond acceptors (Lipinski definition) is 3. The molecule has 0 saturated carbocycles. The fourth-order valence-corrected chi connectivity index (χ4v) is 5.30. The number of aryl methyl sites for hydroxylation is 2. The fourth-order valence-electron chi connectivity index (χ4n) is 3.21. The topological polar surface area (TPSA) is 66.5 Å². The Bertz CT molecular complexity index is 1160. The zero-order valence-electron chi connectivity index (χ0n) is 17.1. The molecule has 0 atom stereocenters. The van der Waals surface area contributed by atoms with Gasteiger partial charge in [-0.05, 0) is 66.9 Å². The number of halogens is 2. The van der Waals surface area contributed by atoms with E-state index in [1.54, 1.807) is 18.2 Å². The number of benzene rings is 3. The van der Waals surface area contributed by atoms with E-state index in [4.69, 9.17) is 0 Å². The van der Waals surface area contributed by atoms with Gasteiger partial charge in [-0.1, -0.05) is 46.3 Å². The van der Waals surface area contributed by atoms with Gasteiger partial charge in [-0.25, -0.2) is 12.8 Å². The first-order chi connectivity index (χ1) is 14.7. The standard InChI is InChI=1S/C23H22BrFN2O3S/c1-16-12-19(24)13-17(2)23(16)26-22(28)15-27(14-18-8-10-20(25)11-9-18)31(29,30)21-6-4-3-5-7-21/h3-13H,14-15H2,1-2H3,(H,26,28). The molecule has 1 N–H and O–H groups in total. The average Bonchev–Trinajstić information content (AvgIpc) is 2.72. The van der Waals surface area contributed by atoms with Gasteiger partial charge in [0, 0.05) is 16.7 Å². The van der Waals surface area contributed by atoms with Crippen LogP contribution in [0, 0.1) is 19.7 Å². The summed E-state index contributed by atoms with van der Waals surface area (Å²) in [5.74, 6) is -0.879. The molecule has 8 heteroatoms. The Morgan fingerprint density at radius 1 is 1.00 bits per heavy atom. The van der Waals surface area contributed by atoms with E-state index in [-0.39, 0.29) is 18.0 Å². The number of nitrogens with one attached hydrogen (secondary N) is 1. The van der Waals surface area contributed by atoms with E-state index in [2.05, 4.69) is 21.2 Å². The molecule has 31 heavy (non-hydrogen) atoms. The predicted molar refractivity (Wildman–Crippen MR) is 123 cm³/mol. The van der Waals surface area contributed by atoms with Crippen molar-refractivity contribution in [2.24, 2.45) is 0 Å². The van der Waals surface area contributed by atoms with Gasteiger partial charge in [0.05, 0.1) is 11.4 Å². The molecule has 0 aliphatic heterocycles. The minimum atomic E-state index is -3.95. The Morgan fingerprint density at radius 2 is 1.58 bits per heavy atom. The molecule has 3 aromatic rings. The van der Waals surface area contributed by atoms with Crippen LogP contribution in [0.25, 0.3) is 0 Å². The molecule has 0 spiro atoms. The van der Waals surface area contributed by atoms with Gasteiger partial charge < -0.3 is 5.32 Å². The van der Waals surface area contributed by atoms with E-state index < -0.39 is 21.7 Å². The first-order valence-electron chi connectivity index (χ1n) is 9.53. The molecular weight excluding hydrogens is 483 g/mol. The number of carbonyl (C=O) groups excluding carboxylic acids is 1.